The highest BCUT2D eigenvalue weighted by atomic mass is 35.5. The van der Waals surface area contributed by atoms with Crippen molar-refractivity contribution in [3.63, 3.8) is 0 Å². The molecule has 0 aliphatic heterocycles. The molecular formula is C11H19ClN4O. The molecule has 0 radical (unpaired) electrons. The summed E-state index contributed by atoms with van der Waals surface area (Å²) in [5.74, 6) is 0.843. The normalized spacial score (nSPS) is 10.8. The van der Waals surface area contributed by atoms with Crippen LogP contribution in [0.5, 0.6) is 0 Å². The molecule has 1 heterocycles. The van der Waals surface area contributed by atoms with Crippen molar-refractivity contribution in [3.8, 4) is 0 Å². The molecule has 0 aliphatic rings. The lowest BCUT2D eigenvalue weighted by Crippen LogP contribution is -2.08. The number of unbranched alkanes of at least 4 members (excludes halogenated alkanes) is 1. The van der Waals surface area contributed by atoms with Gasteiger partial charge in [0.15, 0.2) is 0 Å². The second-order valence-corrected chi connectivity index (χ2v) is 4.37. The van der Waals surface area contributed by atoms with E-state index < -0.39 is 0 Å². The van der Waals surface area contributed by atoms with Gasteiger partial charge in [0.05, 0.1) is 6.10 Å². The highest BCUT2D eigenvalue weighted by Gasteiger charge is 1.99. The van der Waals surface area contributed by atoms with Crippen LogP contribution < -0.4 is 11.1 Å². The molecule has 1 aromatic rings. The summed E-state index contributed by atoms with van der Waals surface area (Å²) < 4.78 is 5.44. The summed E-state index contributed by atoms with van der Waals surface area (Å²) in [7, 11) is 0. The fourth-order valence-electron chi connectivity index (χ4n) is 1.29. The number of nitrogens with one attached hydrogen (secondary N) is 1. The predicted octanol–water partition coefficient (Wildman–Crippen LogP) is 2.33. The Bertz CT molecular complexity index is 326. The molecule has 0 aromatic carbocycles. The van der Waals surface area contributed by atoms with Crippen LogP contribution in [0.2, 0.25) is 5.15 Å². The minimum absolute atomic E-state index is 0.183. The predicted molar refractivity (Wildman–Crippen MR) is 70.3 cm³/mol. The van der Waals surface area contributed by atoms with E-state index in [4.69, 9.17) is 22.1 Å². The summed E-state index contributed by atoms with van der Waals surface area (Å²) in [6, 6.07) is 1.66. The Morgan fingerprint density at radius 2 is 2.18 bits per heavy atom. The van der Waals surface area contributed by atoms with Crippen molar-refractivity contribution >= 4 is 23.4 Å². The molecule has 0 aliphatic carbocycles. The zero-order chi connectivity index (χ0) is 12.7. The number of ether oxygens (including phenoxy) is 1. The first kappa shape index (κ1) is 14.0. The van der Waals surface area contributed by atoms with Crippen LogP contribution in [0.3, 0.4) is 0 Å². The summed E-state index contributed by atoms with van der Waals surface area (Å²) in [5.41, 5.74) is 5.48. The third kappa shape index (κ3) is 6.28. The Kier molecular flexibility index (Phi) is 6.00. The molecule has 1 aromatic heterocycles. The largest absolute Gasteiger partial charge is 0.379 e. The van der Waals surface area contributed by atoms with Crippen LogP contribution in [0, 0.1) is 0 Å². The van der Waals surface area contributed by atoms with E-state index in [9.17, 15) is 0 Å². The van der Waals surface area contributed by atoms with Gasteiger partial charge in [-0.05, 0) is 26.7 Å². The SMILES string of the molecule is CC(C)OCCCCNc1cc(Cl)nc(N)n1. The monoisotopic (exact) mass is 258 g/mol. The van der Waals surface area contributed by atoms with Crippen LogP contribution in [0.4, 0.5) is 11.8 Å². The smallest absolute Gasteiger partial charge is 0.223 e. The molecule has 0 bridgehead atoms. The highest BCUT2D eigenvalue weighted by molar-refractivity contribution is 6.29. The number of hydrogen-bond donors (Lipinski definition) is 2. The van der Waals surface area contributed by atoms with Crippen LogP contribution in [0.1, 0.15) is 26.7 Å². The molecule has 3 N–H and O–H groups in total. The van der Waals surface area contributed by atoms with Gasteiger partial charge < -0.3 is 15.8 Å². The van der Waals surface area contributed by atoms with Crippen molar-refractivity contribution in [1.82, 2.24) is 9.97 Å². The fourth-order valence-corrected chi connectivity index (χ4v) is 1.48. The number of anilines is 2. The molecule has 0 fully saturated rings. The number of hydrogen-bond acceptors (Lipinski definition) is 5. The number of nitrogens with two attached hydrogens (primary N) is 1. The maximum Gasteiger partial charge on any atom is 0.223 e. The molecule has 0 spiro atoms. The van der Waals surface area contributed by atoms with Crippen molar-refractivity contribution in [2.45, 2.75) is 32.8 Å². The number of aromatic nitrogens is 2. The maximum atomic E-state index is 5.76. The van der Waals surface area contributed by atoms with Crippen molar-refractivity contribution in [3.05, 3.63) is 11.2 Å². The first-order valence-corrected chi connectivity index (χ1v) is 6.11. The molecule has 5 nitrogen and oxygen atoms in total. The average molecular weight is 259 g/mol. The Morgan fingerprint density at radius 1 is 1.41 bits per heavy atom. The van der Waals surface area contributed by atoms with Gasteiger partial charge in [0.1, 0.15) is 11.0 Å². The fraction of sp³-hybridized carbons (Fsp3) is 0.636. The van der Waals surface area contributed by atoms with E-state index in [1.165, 1.54) is 0 Å². The summed E-state index contributed by atoms with van der Waals surface area (Å²) in [6.07, 6.45) is 2.32. The molecule has 0 amide bonds. The van der Waals surface area contributed by atoms with Crippen LogP contribution in [0.15, 0.2) is 6.07 Å². The molecular weight excluding hydrogens is 240 g/mol. The molecule has 6 heteroatoms. The van der Waals surface area contributed by atoms with E-state index in [2.05, 4.69) is 15.3 Å². The first-order chi connectivity index (χ1) is 8.08. The quantitative estimate of drug-likeness (QED) is 0.580. The maximum absolute atomic E-state index is 5.76. The standard InChI is InChI=1S/C11H19ClN4O/c1-8(2)17-6-4-3-5-14-10-7-9(12)15-11(13)16-10/h7-8H,3-6H2,1-2H3,(H3,13,14,15,16). The summed E-state index contributed by atoms with van der Waals surface area (Å²) in [4.78, 5) is 7.80. The number of halogens is 1. The Balaban J connectivity index is 2.18. The first-order valence-electron chi connectivity index (χ1n) is 5.73. The van der Waals surface area contributed by atoms with E-state index in [1.807, 2.05) is 13.8 Å². The average Bonchev–Trinajstić information content (AvgIpc) is 2.21. The molecule has 17 heavy (non-hydrogen) atoms. The molecule has 0 saturated carbocycles. The Labute approximate surface area is 107 Å². The van der Waals surface area contributed by atoms with Gasteiger partial charge in [-0.2, -0.15) is 4.98 Å². The minimum atomic E-state index is 0.183. The second kappa shape index (κ2) is 7.29. The van der Waals surface area contributed by atoms with Gasteiger partial charge in [-0.15, -0.1) is 0 Å². The lowest BCUT2D eigenvalue weighted by atomic mass is 10.3. The molecule has 0 atom stereocenters. The van der Waals surface area contributed by atoms with E-state index in [-0.39, 0.29) is 5.95 Å². The molecule has 96 valence electrons. The van der Waals surface area contributed by atoms with Gasteiger partial charge in [-0.3, -0.25) is 0 Å². The van der Waals surface area contributed by atoms with E-state index in [0.29, 0.717) is 17.1 Å². The van der Waals surface area contributed by atoms with Crippen LogP contribution in [-0.4, -0.2) is 29.2 Å². The van der Waals surface area contributed by atoms with Crippen molar-refractivity contribution in [1.29, 1.82) is 0 Å². The van der Waals surface area contributed by atoms with Crippen LogP contribution in [0.25, 0.3) is 0 Å². The van der Waals surface area contributed by atoms with Crippen LogP contribution >= 0.6 is 11.6 Å². The third-order valence-corrected chi connectivity index (χ3v) is 2.23. The lowest BCUT2D eigenvalue weighted by molar-refractivity contribution is 0.0765. The van der Waals surface area contributed by atoms with E-state index in [1.54, 1.807) is 6.07 Å². The summed E-state index contributed by atoms with van der Waals surface area (Å²) in [5, 5.41) is 3.49. The van der Waals surface area contributed by atoms with E-state index >= 15 is 0 Å². The Morgan fingerprint density at radius 3 is 2.82 bits per heavy atom. The Hall–Kier alpha value is -1.07. The van der Waals surface area contributed by atoms with Gasteiger partial charge in [-0.1, -0.05) is 11.6 Å². The number of nitrogen functional groups attached to an aromatic ring is 1. The zero-order valence-corrected chi connectivity index (χ0v) is 11.0. The minimum Gasteiger partial charge on any atom is -0.379 e. The van der Waals surface area contributed by atoms with Gasteiger partial charge in [0, 0.05) is 19.2 Å². The zero-order valence-electron chi connectivity index (χ0n) is 10.2. The lowest BCUT2D eigenvalue weighted by Gasteiger charge is -2.08. The van der Waals surface area contributed by atoms with Gasteiger partial charge in [0.25, 0.3) is 0 Å². The van der Waals surface area contributed by atoms with Gasteiger partial charge >= 0.3 is 0 Å². The third-order valence-electron chi connectivity index (χ3n) is 2.04. The number of rotatable bonds is 7. The molecule has 1 rings (SSSR count). The van der Waals surface area contributed by atoms with E-state index in [0.717, 1.165) is 26.0 Å². The second-order valence-electron chi connectivity index (χ2n) is 3.99. The van der Waals surface area contributed by atoms with Gasteiger partial charge in [-0.25, -0.2) is 4.98 Å². The topological polar surface area (TPSA) is 73.1 Å². The van der Waals surface area contributed by atoms with Crippen molar-refractivity contribution in [2.24, 2.45) is 0 Å². The van der Waals surface area contributed by atoms with Crippen molar-refractivity contribution in [2.75, 3.05) is 24.2 Å². The van der Waals surface area contributed by atoms with Gasteiger partial charge in [0.2, 0.25) is 5.95 Å². The summed E-state index contributed by atoms with van der Waals surface area (Å²) >= 11 is 5.76. The summed E-state index contributed by atoms with van der Waals surface area (Å²) in [6.45, 7) is 5.66. The highest BCUT2D eigenvalue weighted by Crippen LogP contribution is 2.12. The molecule has 0 saturated heterocycles. The molecule has 0 unspecified atom stereocenters. The number of nitrogens with zero attached hydrogens (tertiary/aromatic N) is 2. The van der Waals surface area contributed by atoms with Crippen molar-refractivity contribution < 1.29 is 4.74 Å². The van der Waals surface area contributed by atoms with Crippen LogP contribution in [-0.2, 0) is 4.74 Å².